The minimum absolute atomic E-state index is 0.110. The number of benzene rings is 1. The van der Waals surface area contributed by atoms with E-state index in [2.05, 4.69) is 10.3 Å². The molecule has 7 heteroatoms. The average molecular weight is 349 g/mol. The third-order valence-electron chi connectivity index (χ3n) is 3.17. The Hall–Kier alpha value is -2.37. The van der Waals surface area contributed by atoms with Crippen LogP contribution in [0.25, 0.3) is 11.0 Å². The zero-order valence-electron chi connectivity index (χ0n) is 11.7. The highest BCUT2D eigenvalue weighted by atomic mass is 35.5. The lowest BCUT2D eigenvalue weighted by molar-refractivity contribution is 0.0923. The van der Waals surface area contributed by atoms with Crippen LogP contribution in [0.3, 0.4) is 0 Å². The smallest absolute Gasteiger partial charge is 0.287 e. The highest BCUT2D eigenvalue weighted by molar-refractivity contribution is 6.38. The second-order valence-electron chi connectivity index (χ2n) is 4.78. The first kappa shape index (κ1) is 15.5. The van der Waals surface area contributed by atoms with Crippen molar-refractivity contribution in [3.05, 3.63) is 74.3 Å². The molecule has 0 radical (unpaired) electrons. The van der Waals surface area contributed by atoms with Gasteiger partial charge in [-0.1, -0.05) is 23.2 Å². The van der Waals surface area contributed by atoms with Crippen molar-refractivity contribution < 1.29 is 9.21 Å². The molecule has 2 aromatic heterocycles. The Morgan fingerprint density at radius 3 is 2.65 bits per heavy atom. The minimum Gasteiger partial charge on any atom is -0.449 e. The summed E-state index contributed by atoms with van der Waals surface area (Å²) in [7, 11) is 0. The van der Waals surface area contributed by atoms with Gasteiger partial charge < -0.3 is 9.73 Å². The third kappa shape index (κ3) is 3.36. The summed E-state index contributed by atoms with van der Waals surface area (Å²) in [6.07, 6.45) is 3.25. The van der Waals surface area contributed by atoms with Crippen LogP contribution in [0.15, 0.2) is 51.9 Å². The van der Waals surface area contributed by atoms with Crippen LogP contribution in [0.4, 0.5) is 0 Å². The summed E-state index contributed by atoms with van der Waals surface area (Å²) in [4.78, 5) is 28.2. The van der Waals surface area contributed by atoms with E-state index >= 15 is 0 Å². The van der Waals surface area contributed by atoms with Gasteiger partial charge in [0.05, 0.1) is 10.4 Å². The molecule has 0 atom stereocenters. The van der Waals surface area contributed by atoms with Crippen LogP contribution in [-0.2, 0) is 6.54 Å². The van der Waals surface area contributed by atoms with Crippen LogP contribution in [0, 0.1) is 0 Å². The largest absolute Gasteiger partial charge is 0.449 e. The van der Waals surface area contributed by atoms with Gasteiger partial charge in [-0.3, -0.25) is 14.6 Å². The monoisotopic (exact) mass is 348 g/mol. The van der Waals surface area contributed by atoms with Gasteiger partial charge in [0.2, 0.25) is 0 Å². The lowest BCUT2D eigenvalue weighted by Gasteiger charge is -2.06. The van der Waals surface area contributed by atoms with E-state index in [4.69, 9.17) is 27.6 Å². The summed E-state index contributed by atoms with van der Waals surface area (Å²) >= 11 is 11.9. The number of nitrogens with one attached hydrogen (secondary N) is 1. The summed E-state index contributed by atoms with van der Waals surface area (Å²) in [5, 5.41) is 3.40. The van der Waals surface area contributed by atoms with Gasteiger partial charge in [-0.2, -0.15) is 0 Å². The van der Waals surface area contributed by atoms with E-state index in [0.717, 1.165) is 11.6 Å². The van der Waals surface area contributed by atoms with Crippen molar-refractivity contribution in [2.45, 2.75) is 6.54 Å². The van der Waals surface area contributed by atoms with Gasteiger partial charge in [0.25, 0.3) is 5.91 Å². The molecule has 0 saturated heterocycles. The summed E-state index contributed by atoms with van der Waals surface area (Å²) in [5.74, 6) is -0.618. The van der Waals surface area contributed by atoms with Gasteiger partial charge in [0.15, 0.2) is 16.8 Å². The predicted octanol–water partition coefficient (Wildman–Crippen LogP) is 3.42. The number of hydrogen-bond donors (Lipinski definition) is 1. The first-order chi connectivity index (χ1) is 11.0. The predicted molar refractivity (Wildman–Crippen MR) is 87.9 cm³/mol. The van der Waals surface area contributed by atoms with E-state index < -0.39 is 5.91 Å². The van der Waals surface area contributed by atoms with E-state index in [0.29, 0.717) is 5.02 Å². The van der Waals surface area contributed by atoms with E-state index in [-0.39, 0.29) is 33.7 Å². The van der Waals surface area contributed by atoms with E-state index in [1.807, 2.05) is 0 Å². The Labute approximate surface area is 140 Å². The second kappa shape index (κ2) is 6.40. The molecule has 3 aromatic rings. The summed E-state index contributed by atoms with van der Waals surface area (Å²) < 4.78 is 5.46. The number of halogens is 2. The zero-order valence-corrected chi connectivity index (χ0v) is 13.2. The molecule has 3 rings (SSSR count). The normalized spacial score (nSPS) is 10.7. The van der Waals surface area contributed by atoms with Gasteiger partial charge in [0, 0.05) is 30.0 Å². The topological polar surface area (TPSA) is 72.2 Å². The molecule has 0 fully saturated rings. The standard InChI is InChI=1S/C16H10Cl2N2O3/c17-10-5-11-13(21)7-14(23-15(11)12(18)6-10)16(22)20-8-9-1-3-19-4-2-9/h1-7H,8H2,(H,20,22). The number of carbonyl (C=O) groups is 1. The molecule has 0 spiro atoms. The Kier molecular flexibility index (Phi) is 4.32. The Balaban J connectivity index is 1.91. The number of nitrogens with zero attached hydrogens (tertiary/aromatic N) is 1. The van der Waals surface area contributed by atoms with Crippen molar-refractivity contribution in [2.24, 2.45) is 0 Å². The first-order valence-electron chi connectivity index (χ1n) is 6.64. The van der Waals surface area contributed by atoms with E-state index in [9.17, 15) is 9.59 Å². The molecule has 0 saturated carbocycles. The fourth-order valence-electron chi connectivity index (χ4n) is 2.07. The maximum absolute atomic E-state index is 12.2. The molecule has 0 aliphatic rings. The maximum Gasteiger partial charge on any atom is 0.287 e. The molecule has 116 valence electrons. The van der Waals surface area contributed by atoms with Crippen LogP contribution in [0.1, 0.15) is 16.1 Å². The minimum atomic E-state index is -0.508. The van der Waals surface area contributed by atoms with Crippen molar-refractivity contribution in [2.75, 3.05) is 0 Å². The highest BCUT2D eigenvalue weighted by Gasteiger charge is 2.14. The number of pyridine rings is 1. The molecule has 23 heavy (non-hydrogen) atoms. The number of aromatic nitrogens is 1. The van der Waals surface area contributed by atoms with Gasteiger partial charge in [-0.25, -0.2) is 0 Å². The molecule has 1 N–H and O–H groups in total. The average Bonchev–Trinajstić information content (AvgIpc) is 2.54. The summed E-state index contributed by atoms with van der Waals surface area (Å²) in [6.45, 7) is 0.289. The molecule has 1 amide bonds. The number of rotatable bonds is 3. The van der Waals surface area contributed by atoms with Crippen molar-refractivity contribution in [1.29, 1.82) is 0 Å². The molecule has 2 heterocycles. The van der Waals surface area contributed by atoms with Gasteiger partial charge in [-0.15, -0.1) is 0 Å². The molecular weight excluding hydrogens is 339 g/mol. The Morgan fingerprint density at radius 2 is 1.91 bits per heavy atom. The first-order valence-corrected chi connectivity index (χ1v) is 7.40. The Morgan fingerprint density at radius 1 is 1.17 bits per heavy atom. The van der Waals surface area contributed by atoms with Crippen LogP contribution in [-0.4, -0.2) is 10.9 Å². The van der Waals surface area contributed by atoms with Crippen LogP contribution < -0.4 is 10.7 Å². The van der Waals surface area contributed by atoms with E-state index in [1.54, 1.807) is 24.5 Å². The summed E-state index contributed by atoms with van der Waals surface area (Å²) in [6, 6.07) is 7.57. The van der Waals surface area contributed by atoms with Crippen molar-refractivity contribution >= 4 is 40.1 Å². The Bertz CT molecular complexity index is 939. The molecule has 0 aliphatic heterocycles. The van der Waals surface area contributed by atoms with E-state index in [1.165, 1.54) is 12.1 Å². The third-order valence-corrected chi connectivity index (χ3v) is 3.67. The van der Waals surface area contributed by atoms with Crippen molar-refractivity contribution in [3.8, 4) is 0 Å². The van der Waals surface area contributed by atoms with Crippen LogP contribution in [0.2, 0.25) is 10.0 Å². The molecule has 0 unspecified atom stereocenters. The van der Waals surface area contributed by atoms with Gasteiger partial charge >= 0.3 is 0 Å². The quantitative estimate of drug-likeness (QED) is 0.786. The molecule has 0 aliphatic carbocycles. The highest BCUT2D eigenvalue weighted by Crippen LogP contribution is 2.26. The molecule has 0 bridgehead atoms. The number of hydrogen-bond acceptors (Lipinski definition) is 4. The summed E-state index contributed by atoms with van der Waals surface area (Å²) in [5.41, 5.74) is 0.628. The fraction of sp³-hybridized carbons (Fsp3) is 0.0625. The van der Waals surface area contributed by atoms with Gasteiger partial charge in [0.1, 0.15) is 0 Å². The van der Waals surface area contributed by atoms with Crippen LogP contribution in [0.5, 0.6) is 0 Å². The number of fused-ring (bicyclic) bond motifs is 1. The molecular formula is C16H10Cl2N2O3. The maximum atomic E-state index is 12.2. The lowest BCUT2D eigenvalue weighted by atomic mass is 10.2. The SMILES string of the molecule is O=C(NCc1ccncc1)c1cc(=O)c2cc(Cl)cc(Cl)c2o1. The van der Waals surface area contributed by atoms with Crippen molar-refractivity contribution in [1.82, 2.24) is 10.3 Å². The van der Waals surface area contributed by atoms with Gasteiger partial charge in [-0.05, 0) is 29.8 Å². The molecule has 1 aromatic carbocycles. The lowest BCUT2D eigenvalue weighted by Crippen LogP contribution is -2.24. The van der Waals surface area contributed by atoms with Crippen LogP contribution >= 0.6 is 23.2 Å². The second-order valence-corrected chi connectivity index (χ2v) is 5.62. The number of carbonyl (C=O) groups excluding carboxylic acids is 1. The molecule has 5 nitrogen and oxygen atoms in total. The zero-order chi connectivity index (χ0) is 16.4. The fourth-order valence-corrected chi connectivity index (χ4v) is 2.60. The number of amides is 1. The van der Waals surface area contributed by atoms with Crippen molar-refractivity contribution in [3.63, 3.8) is 0 Å².